The molecule has 184 valence electrons. The van der Waals surface area contributed by atoms with Gasteiger partial charge >= 0.3 is 0 Å². The fraction of sp³-hybridized carbons (Fsp3) is 0.667. The Morgan fingerprint density at radius 2 is 1.70 bits per heavy atom. The number of nitrogens with one attached hydrogen (secondary N) is 1. The highest BCUT2D eigenvalue weighted by molar-refractivity contribution is 7.89. The Balaban J connectivity index is 1.32. The molecular weight excluding hydrogens is 454 g/mol. The van der Waals surface area contributed by atoms with Crippen LogP contribution in [0.15, 0.2) is 24.3 Å². The Kier molecular flexibility index (Phi) is 10.6. The topological polar surface area (TPSA) is 78.4 Å². The highest BCUT2D eigenvalue weighted by atomic mass is 32.2. The molecule has 1 aromatic carbocycles. The molecule has 33 heavy (non-hydrogen) atoms. The Hall–Kier alpha value is -1.55. The minimum Gasteiger partial charge on any atom is -0.344 e. The van der Waals surface area contributed by atoms with Crippen LogP contribution in [0.25, 0.3) is 0 Å². The number of anilines is 1. The first kappa shape index (κ1) is 26.1. The molecule has 1 fully saturated rings. The van der Waals surface area contributed by atoms with Crippen molar-refractivity contribution >= 4 is 26.7 Å². The van der Waals surface area contributed by atoms with Gasteiger partial charge in [-0.15, -0.1) is 0 Å². The van der Waals surface area contributed by atoms with Crippen LogP contribution in [0.5, 0.6) is 0 Å². The summed E-state index contributed by atoms with van der Waals surface area (Å²) in [6, 6.07) is 8.51. The van der Waals surface area contributed by atoms with Crippen LogP contribution < -0.4 is 9.62 Å². The van der Waals surface area contributed by atoms with Gasteiger partial charge in [-0.25, -0.2) is 18.1 Å². The van der Waals surface area contributed by atoms with E-state index in [1.54, 1.807) is 0 Å². The van der Waals surface area contributed by atoms with Crippen molar-refractivity contribution in [3.63, 3.8) is 0 Å². The van der Waals surface area contributed by atoms with Gasteiger partial charge in [0, 0.05) is 57.2 Å². The lowest BCUT2D eigenvalue weighted by molar-refractivity contribution is 0.262. The molecular formula is C24H39N5O2S2. The van der Waals surface area contributed by atoms with Crippen LogP contribution in [0.2, 0.25) is 0 Å². The molecule has 1 aromatic heterocycles. The lowest BCUT2D eigenvalue weighted by atomic mass is 10.1. The number of hydrogen-bond acceptors (Lipinski definition) is 7. The third-order valence-electron chi connectivity index (χ3n) is 6.10. The second-order valence-corrected chi connectivity index (χ2v) is 11.6. The number of sulfonamides is 1. The van der Waals surface area contributed by atoms with Crippen molar-refractivity contribution in [2.24, 2.45) is 0 Å². The van der Waals surface area contributed by atoms with Gasteiger partial charge in [-0.1, -0.05) is 68.9 Å². The molecule has 0 unspecified atom stereocenters. The minimum atomic E-state index is -3.16. The maximum absolute atomic E-state index is 12.2. The maximum atomic E-state index is 12.2. The summed E-state index contributed by atoms with van der Waals surface area (Å²) in [5.74, 6) is 1.12. The van der Waals surface area contributed by atoms with Crippen LogP contribution in [0.3, 0.4) is 0 Å². The maximum Gasteiger partial charge on any atom is 0.211 e. The van der Waals surface area contributed by atoms with E-state index in [1.165, 1.54) is 41.9 Å². The van der Waals surface area contributed by atoms with Gasteiger partial charge in [-0.3, -0.25) is 4.90 Å². The summed E-state index contributed by atoms with van der Waals surface area (Å²) in [5.41, 5.74) is 2.49. The molecule has 7 nitrogen and oxygen atoms in total. The average molecular weight is 494 g/mol. The Morgan fingerprint density at radius 1 is 1.00 bits per heavy atom. The SMILES string of the molecule is CCCCCCCCS(=O)(=O)NCCN1CCN(c2nc(Cc3ccc(C)cc3)ns2)CC1. The standard InChI is InChI=1S/C24H39N5O2S2/c1-3-4-5-6-7-8-19-33(30,31)25-13-14-28-15-17-29(18-16-28)24-26-23(27-32-24)20-22-11-9-21(2)10-12-22/h9-12,25H,3-8,13-20H2,1-2H3. The Labute approximate surface area is 203 Å². The van der Waals surface area contributed by atoms with E-state index in [2.05, 4.69) is 57.0 Å². The van der Waals surface area contributed by atoms with Crippen LogP contribution >= 0.6 is 11.5 Å². The monoisotopic (exact) mass is 493 g/mol. The highest BCUT2D eigenvalue weighted by Crippen LogP contribution is 2.20. The third-order valence-corrected chi connectivity index (χ3v) is 8.38. The molecule has 0 radical (unpaired) electrons. The molecule has 2 aromatic rings. The van der Waals surface area contributed by atoms with E-state index >= 15 is 0 Å². The molecule has 0 amide bonds. The zero-order chi connectivity index (χ0) is 23.5. The molecule has 1 saturated heterocycles. The second-order valence-electron chi connectivity index (χ2n) is 8.97. The van der Waals surface area contributed by atoms with Gasteiger partial charge < -0.3 is 4.90 Å². The molecule has 1 N–H and O–H groups in total. The number of benzene rings is 1. The fourth-order valence-corrected chi connectivity index (χ4v) is 5.87. The van der Waals surface area contributed by atoms with Crippen molar-refractivity contribution < 1.29 is 8.42 Å². The molecule has 3 rings (SSSR count). The molecule has 9 heteroatoms. The Morgan fingerprint density at radius 3 is 2.42 bits per heavy atom. The van der Waals surface area contributed by atoms with Gasteiger partial charge in [0.2, 0.25) is 15.2 Å². The number of piperazine rings is 1. The van der Waals surface area contributed by atoms with Crippen molar-refractivity contribution in [3.05, 3.63) is 41.2 Å². The largest absolute Gasteiger partial charge is 0.344 e. The zero-order valence-electron chi connectivity index (χ0n) is 20.1. The average Bonchev–Trinajstić information content (AvgIpc) is 3.26. The predicted molar refractivity (Wildman–Crippen MR) is 138 cm³/mol. The number of rotatable bonds is 14. The number of aromatic nitrogens is 2. The summed E-state index contributed by atoms with van der Waals surface area (Å²) in [4.78, 5) is 9.35. The fourth-order valence-electron chi connectivity index (χ4n) is 4.00. The first-order valence-electron chi connectivity index (χ1n) is 12.3. The first-order valence-corrected chi connectivity index (χ1v) is 14.7. The number of nitrogens with zero attached hydrogens (tertiary/aromatic N) is 4. The summed E-state index contributed by atoms with van der Waals surface area (Å²) >= 11 is 1.47. The van der Waals surface area contributed by atoms with Gasteiger partial charge in [0.1, 0.15) is 5.82 Å². The quantitative estimate of drug-likeness (QED) is 0.403. The van der Waals surface area contributed by atoms with Crippen molar-refractivity contribution in [2.75, 3.05) is 49.9 Å². The van der Waals surface area contributed by atoms with E-state index in [-0.39, 0.29) is 5.75 Å². The van der Waals surface area contributed by atoms with Crippen LogP contribution in [0.4, 0.5) is 5.13 Å². The van der Waals surface area contributed by atoms with E-state index in [1.807, 2.05) is 0 Å². The van der Waals surface area contributed by atoms with Crippen molar-refractivity contribution in [2.45, 2.75) is 58.8 Å². The third kappa shape index (κ3) is 9.31. The molecule has 1 aliphatic rings. The van der Waals surface area contributed by atoms with E-state index in [9.17, 15) is 8.42 Å². The first-order chi connectivity index (χ1) is 15.9. The van der Waals surface area contributed by atoms with Gasteiger partial charge in [0.05, 0.1) is 5.75 Å². The summed E-state index contributed by atoms with van der Waals surface area (Å²) in [5, 5.41) is 0.983. The van der Waals surface area contributed by atoms with Crippen molar-refractivity contribution in [1.82, 2.24) is 19.0 Å². The minimum absolute atomic E-state index is 0.245. The lowest BCUT2D eigenvalue weighted by Crippen LogP contribution is -2.48. The summed E-state index contributed by atoms with van der Waals surface area (Å²) in [7, 11) is -3.16. The molecule has 0 bridgehead atoms. The van der Waals surface area contributed by atoms with Crippen LogP contribution in [0.1, 0.15) is 62.4 Å². The number of hydrogen-bond donors (Lipinski definition) is 1. The summed E-state index contributed by atoms with van der Waals surface area (Å²) < 4.78 is 31.7. The molecule has 0 atom stereocenters. The zero-order valence-corrected chi connectivity index (χ0v) is 21.8. The molecule has 2 heterocycles. The molecule has 0 aliphatic carbocycles. The van der Waals surface area contributed by atoms with Crippen LogP contribution in [0, 0.1) is 6.92 Å². The summed E-state index contributed by atoms with van der Waals surface area (Å²) in [6.45, 7) is 9.11. The normalized spacial score (nSPS) is 15.3. The Bertz CT molecular complexity index is 923. The molecule has 0 saturated carbocycles. The van der Waals surface area contributed by atoms with Crippen molar-refractivity contribution in [3.8, 4) is 0 Å². The van der Waals surface area contributed by atoms with Crippen LogP contribution in [-0.2, 0) is 16.4 Å². The predicted octanol–water partition coefficient (Wildman–Crippen LogP) is 3.84. The second kappa shape index (κ2) is 13.4. The molecule has 0 spiro atoms. The highest BCUT2D eigenvalue weighted by Gasteiger charge is 2.20. The van der Waals surface area contributed by atoms with E-state index in [0.29, 0.717) is 6.54 Å². The molecule has 1 aliphatic heterocycles. The van der Waals surface area contributed by atoms with Gasteiger partial charge in [0.25, 0.3) is 0 Å². The number of unbranched alkanes of at least 4 members (excludes halogenated alkanes) is 5. The van der Waals surface area contributed by atoms with Crippen LogP contribution in [-0.4, -0.2) is 67.7 Å². The summed E-state index contributed by atoms with van der Waals surface area (Å²) in [6.07, 6.45) is 7.31. The van der Waals surface area contributed by atoms with Gasteiger partial charge in [-0.05, 0) is 18.9 Å². The van der Waals surface area contributed by atoms with E-state index in [0.717, 1.165) is 69.4 Å². The van der Waals surface area contributed by atoms with E-state index in [4.69, 9.17) is 4.98 Å². The van der Waals surface area contributed by atoms with E-state index < -0.39 is 10.0 Å². The lowest BCUT2D eigenvalue weighted by Gasteiger charge is -2.34. The smallest absolute Gasteiger partial charge is 0.211 e. The van der Waals surface area contributed by atoms with Gasteiger partial charge in [-0.2, -0.15) is 4.37 Å². The van der Waals surface area contributed by atoms with Crippen molar-refractivity contribution in [1.29, 1.82) is 0 Å². The van der Waals surface area contributed by atoms with Gasteiger partial charge in [0.15, 0.2) is 0 Å². The number of aryl methyl sites for hydroxylation is 1.